The van der Waals surface area contributed by atoms with Crippen LogP contribution in [0.2, 0.25) is 0 Å². The molecule has 0 fully saturated rings. The molecule has 3 aromatic rings. The van der Waals surface area contributed by atoms with Crippen LogP contribution < -0.4 is 5.43 Å². The molecule has 208 valence electrons. The lowest BCUT2D eigenvalue weighted by Crippen LogP contribution is -2.58. The second-order valence-electron chi connectivity index (χ2n) is 10.5. The van der Waals surface area contributed by atoms with Crippen molar-refractivity contribution < 1.29 is 24.2 Å². The maximum Gasteiger partial charge on any atom is 0.444 e. The number of benzene rings is 3. The van der Waals surface area contributed by atoms with Crippen LogP contribution >= 0.6 is 0 Å². The molecule has 0 aliphatic heterocycles. The highest BCUT2D eigenvalue weighted by Crippen LogP contribution is 2.16. The molecule has 0 saturated heterocycles. The average molecular weight is 534 g/mol. The summed E-state index contributed by atoms with van der Waals surface area (Å²) in [7, 11) is 0. The molecule has 0 spiro atoms. The molecule has 0 unspecified atom stereocenters. The molecule has 0 heterocycles. The van der Waals surface area contributed by atoms with Gasteiger partial charge in [0.15, 0.2) is 0 Å². The number of aliphatic hydroxyl groups is 1. The first-order valence-electron chi connectivity index (χ1n) is 13.1. The normalized spacial score (nSPS) is 12.1. The highest BCUT2D eigenvalue weighted by Gasteiger charge is 2.31. The summed E-state index contributed by atoms with van der Waals surface area (Å²) in [6.07, 6.45) is -1.27. The zero-order chi connectivity index (χ0) is 28.3. The number of carbonyl (C=O) groups excluding carboxylic acids is 2. The fraction of sp³-hybridized carbons (Fsp3) is 0.355. The van der Waals surface area contributed by atoms with Crippen LogP contribution in [0.3, 0.4) is 0 Å². The van der Waals surface area contributed by atoms with E-state index in [1.807, 2.05) is 91.9 Å². The number of hydrogen-bond acceptors (Lipinski definition) is 6. The first kappa shape index (κ1) is 29.7. The van der Waals surface area contributed by atoms with Gasteiger partial charge in [-0.05, 0) is 57.2 Å². The fourth-order valence-electron chi connectivity index (χ4n) is 3.81. The molecule has 0 radical (unpaired) electrons. The summed E-state index contributed by atoms with van der Waals surface area (Å²) in [5.74, 6) is 0. The van der Waals surface area contributed by atoms with Gasteiger partial charge in [-0.3, -0.25) is 0 Å². The Labute approximate surface area is 231 Å². The molecule has 0 aliphatic rings. The molecule has 0 aromatic heterocycles. The molecule has 3 aromatic carbocycles. The number of hydrazine groups is 2. The first-order valence-corrected chi connectivity index (χ1v) is 13.1. The van der Waals surface area contributed by atoms with Gasteiger partial charge in [0, 0.05) is 13.1 Å². The number of ether oxygens (including phenoxy) is 2. The third kappa shape index (κ3) is 10.8. The standard InChI is InChI=1S/C31H39N3O5/c1-24-15-17-26(18-16-24)21-33(22-28(35)20-19-25-11-7-5-8-12-25)34(30(37)39-31(2,3)4)32-29(36)38-23-27-13-9-6-10-14-27/h5-18,28,35H,19-23H2,1-4H3,(H,32,36)/t28-/m0/s1. The predicted octanol–water partition coefficient (Wildman–Crippen LogP) is 5.78. The van der Waals surface area contributed by atoms with Crippen molar-refractivity contribution in [1.29, 1.82) is 0 Å². The minimum atomic E-state index is -0.822. The van der Waals surface area contributed by atoms with Gasteiger partial charge in [0.25, 0.3) is 0 Å². The Morgan fingerprint density at radius 3 is 2.05 bits per heavy atom. The topological polar surface area (TPSA) is 91.3 Å². The van der Waals surface area contributed by atoms with E-state index in [-0.39, 0.29) is 19.7 Å². The minimum Gasteiger partial charge on any atom is -0.443 e. The third-order valence-corrected chi connectivity index (χ3v) is 5.78. The number of rotatable bonds is 10. The number of carbonyl (C=O) groups is 2. The van der Waals surface area contributed by atoms with Crippen LogP contribution in [0, 0.1) is 6.92 Å². The molecule has 1 atom stereocenters. The van der Waals surface area contributed by atoms with Gasteiger partial charge in [-0.15, -0.1) is 5.12 Å². The predicted molar refractivity (Wildman–Crippen MR) is 150 cm³/mol. The lowest BCUT2D eigenvalue weighted by molar-refractivity contribution is -0.0957. The maximum atomic E-state index is 13.3. The van der Waals surface area contributed by atoms with Crippen LogP contribution in [-0.2, 0) is 29.0 Å². The van der Waals surface area contributed by atoms with Gasteiger partial charge in [0.2, 0.25) is 0 Å². The summed E-state index contributed by atoms with van der Waals surface area (Å²) in [6.45, 7) is 7.57. The van der Waals surface area contributed by atoms with Gasteiger partial charge < -0.3 is 14.6 Å². The molecule has 39 heavy (non-hydrogen) atoms. The summed E-state index contributed by atoms with van der Waals surface area (Å²) >= 11 is 0. The largest absolute Gasteiger partial charge is 0.444 e. The van der Waals surface area contributed by atoms with Crippen molar-refractivity contribution in [3.05, 3.63) is 107 Å². The summed E-state index contributed by atoms with van der Waals surface area (Å²) in [5.41, 5.74) is 5.62. The highest BCUT2D eigenvalue weighted by molar-refractivity contribution is 5.73. The van der Waals surface area contributed by atoms with E-state index in [0.29, 0.717) is 12.8 Å². The quantitative estimate of drug-likeness (QED) is 0.321. The fourth-order valence-corrected chi connectivity index (χ4v) is 3.81. The number of aryl methyl sites for hydroxylation is 2. The number of hydrogen-bond donors (Lipinski definition) is 2. The molecule has 0 bridgehead atoms. The smallest absolute Gasteiger partial charge is 0.443 e. The van der Waals surface area contributed by atoms with E-state index in [1.165, 1.54) is 0 Å². The Morgan fingerprint density at radius 2 is 1.46 bits per heavy atom. The first-order chi connectivity index (χ1) is 18.6. The van der Waals surface area contributed by atoms with Crippen molar-refractivity contribution in [2.24, 2.45) is 0 Å². The molecule has 0 aliphatic carbocycles. The number of nitrogens with one attached hydrogen (secondary N) is 1. The summed E-state index contributed by atoms with van der Waals surface area (Å²) in [4.78, 5) is 26.1. The number of aliphatic hydroxyl groups excluding tert-OH is 1. The SMILES string of the molecule is Cc1ccc(CN(C[C@@H](O)CCc2ccccc2)N(NC(=O)OCc2ccccc2)C(=O)OC(C)(C)C)cc1. The second-order valence-corrected chi connectivity index (χ2v) is 10.5. The molecule has 3 rings (SSSR count). The van der Waals surface area contributed by atoms with Crippen molar-refractivity contribution in [2.45, 2.75) is 65.4 Å². The van der Waals surface area contributed by atoms with Crippen molar-refractivity contribution in [3.8, 4) is 0 Å². The van der Waals surface area contributed by atoms with Crippen molar-refractivity contribution in [2.75, 3.05) is 6.54 Å². The van der Waals surface area contributed by atoms with Crippen LogP contribution in [0.15, 0.2) is 84.9 Å². The van der Waals surface area contributed by atoms with Gasteiger partial charge in [-0.2, -0.15) is 5.01 Å². The molecular formula is C31H39N3O5. The summed E-state index contributed by atoms with van der Waals surface area (Å²) in [6, 6.07) is 27.0. The van der Waals surface area contributed by atoms with Crippen LogP contribution in [0.1, 0.15) is 49.4 Å². The summed E-state index contributed by atoms with van der Waals surface area (Å²) < 4.78 is 11.0. The van der Waals surface area contributed by atoms with E-state index in [4.69, 9.17) is 9.47 Å². The second kappa shape index (κ2) is 14.3. The van der Waals surface area contributed by atoms with Gasteiger partial charge in [-0.25, -0.2) is 15.0 Å². The van der Waals surface area contributed by atoms with E-state index in [2.05, 4.69) is 5.43 Å². The lowest BCUT2D eigenvalue weighted by atomic mass is 10.1. The van der Waals surface area contributed by atoms with Crippen molar-refractivity contribution >= 4 is 12.2 Å². The van der Waals surface area contributed by atoms with Crippen molar-refractivity contribution in [1.82, 2.24) is 15.6 Å². The molecule has 8 nitrogen and oxygen atoms in total. The molecule has 8 heteroatoms. The zero-order valence-corrected chi connectivity index (χ0v) is 23.2. The van der Waals surface area contributed by atoms with Gasteiger partial charge in [0.1, 0.15) is 12.2 Å². The summed E-state index contributed by atoms with van der Waals surface area (Å²) in [5, 5.41) is 13.6. The van der Waals surface area contributed by atoms with Crippen LogP contribution in [-0.4, -0.2) is 45.7 Å². The van der Waals surface area contributed by atoms with Gasteiger partial charge in [0.05, 0.1) is 6.10 Å². The molecule has 2 N–H and O–H groups in total. The molecule has 2 amide bonds. The van der Waals surface area contributed by atoms with E-state index >= 15 is 0 Å². The third-order valence-electron chi connectivity index (χ3n) is 5.78. The van der Waals surface area contributed by atoms with E-state index in [1.54, 1.807) is 25.8 Å². The highest BCUT2D eigenvalue weighted by atomic mass is 16.6. The number of nitrogens with zero attached hydrogens (tertiary/aromatic N) is 2. The Kier molecular flexibility index (Phi) is 10.9. The van der Waals surface area contributed by atoms with Crippen LogP contribution in [0.25, 0.3) is 0 Å². The number of amides is 2. The minimum absolute atomic E-state index is 0.0342. The molecular weight excluding hydrogens is 494 g/mol. The van der Waals surface area contributed by atoms with E-state index in [9.17, 15) is 14.7 Å². The Bertz CT molecular complexity index is 1160. The monoisotopic (exact) mass is 533 g/mol. The van der Waals surface area contributed by atoms with Gasteiger partial charge >= 0.3 is 12.2 Å². The maximum absolute atomic E-state index is 13.3. The Balaban J connectivity index is 1.80. The average Bonchev–Trinajstić information content (AvgIpc) is 2.90. The van der Waals surface area contributed by atoms with E-state index < -0.39 is 23.9 Å². The van der Waals surface area contributed by atoms with Gasteiger partial charge in [-0.1, -0.05) is 90.5 Å². The van der Waals surface area contributed by atoms with Crippen LogP contribution in [0.4, 0.5) is 9.59 Å². The Morgan fingerprint density at radius 1 is 0.872 bits per heavy atom. The zero-order valence-electron chi connectivity index (χ0n) is 23.2. The lowest BCUT2D eigenvalue weighted by Gasteiger charge is -2.36. The Hall–Kier alpha value is -3.88. The van der Waals surface area contributed by atoms with Crippen LogP contribution in [0.5, 0.6) is 0 Å². The van der Waals surface area contributed by atoms with Crippen molar-refractivity contribution in [3.63, 3.8) is 0 Å². The molecule has 0 saturated carbocycles. The van der Waals surface area contributed by atoms with E-state index in [0.717, 1.165) is 27.4 Å².